The van der Waals surface area contributed by atoms with Crippen LogP contribution in [0, 0.1) is 0 Å². The van der Waals surface area contributed by atoms with Crippen LogP contribution in [0.3, 0.4) is 0 Å². The fourth-order valence-corrected chi connectivity index (χ4v) is 4.20. The molecule has 0 spiro atoms. The summed E-state index contributed by atoms with van der Waals surface area (Å²) in [4.78, 5) is 67.1. The van der Waals surface area contributed by atoms with Crippen LogP contribution in [0.15, 0.2) is 29.3 Å². The van der Waals surface area contributed by atoms with E-state index in [0.29, 0.717) is 19.4 Å². The number of benzene rings is 1. The SMILES string of the molecule is NC(=O)CC(NC(=O)C(CCCN=C(N)N)NC(=O)C1CCCN1C(=O)C(N)Cc1ccc(O)cc1)C(=O)O. The molecular weight excluding hydrogens is 512 g/mol. The number of nitrogens with two attached hydrogens (primary N) is 4. The zero-order valence-corrected chi connectivity index (χ0v) is 21.4. The lowest BCUT2D eigenvalue weighted by atomic mass is 10.0. The van der Waals surface area contributed by atoms with Gasteiger partial charge in [0.2, 0.25) is 23.6 Å². The van der Waals surface area contributed by atoms with Crippen LogP contribution < -0.4 is 33.6 Å². The number of carbonyl (C=O) groups is 5. The summed E-state index contributed by atoms with van der Waals surface area (Å²) in [5.41, 5.74) is 22.6. The van der Waals surface area contributed by atoms with Crippen LogP contribution in [0.4, 0.5) is 0 Å². The van der Waals surface area contributed by atoms with Crippen molar-refractivity contribution in [2.24, 2.45) is 27.9 Å². The highest BCUT2D eigenvalue weighted by atomic mass is 16.4. The largest absolute Gasteiger partial charge is 0.508 e. The molecule has 15 nitrogen and oxygen atoms in total. The van der Waals surface area contributed by atoms with Gasteiger partial charge in [-0.25, -0.2) is 4.79 Å². The van der Waals surface area contributed by atoms with Gasteiger partial charge in [-0.1, -0.05) is 12.1 Å². The molecule has 0 aliphatic carbocycles. The van der Waals surface area contributed by atoms with Gasteiger partial charge in [0.1, 0.15) is 23.9 Å². The summed E-state index contributed by atoms with van der Waals surface area (Å²) in [5, 5.41) is 23.6. The van der Waals surface area contributed by atoms with E-state index in [4.69, 9.17) is 22.9 Å². The third-order valence-corrected chi connectivity index (χ3v) is 6.15. The van der Waals surface area contributed by atoms with Gasteiger partial charge >= 0.3 is 5.97 Å². The number of carbonyl (C=O) groups excluding carboxylic acids is 4. The number of nitrogens with zero attached hydrogens (tertiary/aromatic N) is 2. The number of primary amides is 1. The second-order valence-electron chi connectivity index (χ2n) is 9.25. The average molecular weight is 549 g/mol. The number of hydrogen-bond donors (Lipinski definition) is 8. The van der Waals surface area contributed by atoms with E-state index in [1.165, 1.54) is 17.0 Å². The lowest BCUT2D eigenvalue weighted by Gasteiger charge is -2.28. The van der Waals surface area contributed by atoms with Gasteiger partial charge in [0, 0.05) is 13.1 Å². The van der Waals surface area contributed by atoms with Crippen molar-refractivity contribution < 1.29 is 34.2 Å². The van der Waals surface area contributed by atoms with Gasteiger partial charge in [-0.05, 0) is 49.8 Å². The van der Waals surface area contributed by atoms with Gasteiger partial charge in [-0.2, -0.15) is 0 Å². The molecule has 0 radical (unpaired) electrons. The van der Waals surface area contributed by atoms with Gasteiger partial charge in [-0.3, -0.25) is 24.2 Å². The number of nitrogens with one attached hydrogen (secondary N) is 2. The first-order chi connectivity index (χ1) is 18.4. The molecule has 0 aromatic heterocycles. The van der Waals surface area contributed by atoms with Gasteiger partial charge in [0.15, 0.2) is 5.96 Å². The predicted octanol–water partition coefficient (Wildman–Crippen LogP) is -2.76. The van der Waals surface area contributed by atoms with Crippen molar-refractivity contribution in [1.82, 2.24) is 15.5 Å². The average Bonchev–Trinajstić information content (AvgIpc) is 3.35. The highest BCUT2D eigenvalue weighted by molar-refractivity contribution is 5.95. The van der Waals surface area contributed by atoms with Crippen LogP contribution in [-0.4, -0.2) is 87.9 Å². The Hall–Kier alpha value is -4.40. The maximum Gasteiger partial charge on any atom is 0.326 e. The Kier molecular flexibility index (Phi) is 11.5. The summed E-state index contributed by atoms with van der Waals surface area (Å²) < 4.78 is 0. The maximum absolute atomic E-state index is 13.2. The standard InChI is InChI=1S/C24H36N8O7/c25-15(11-13-5-7-14(33)8-6-13)22(37)32-10-2-4-18(32)21(36)30-16(3-1-9-29-24(27)28)20(35)31-17(23(38)39)12-19(26)34/h5-8,15-18,33H,1-4,9-12,25H2,(H2,26,34)(H,30,36)(H,31,35)(H,38,39)(H4,27,28,29). The van der Waals surface area contributed by atoms with Crippen LogP contribution in [0.2, 0.25) is 0 Å². The molecule has 1 aromatic carbocycles. The molecule has 4 atom stereocenters. The van der Waals surface area contributed by atoms with Gasteiger partial charge in [-0.15, -0.1) is 0 Å². The van der Waals surface area contributed by atoms with Crippen molar-refractivity contribution in [3.05, 3.63) is 29.8 Å². The van der Waals surface area contributed by atoms with Crippen molar-refractivity contribution in [2.75, 3.05) is 13.1 Å². The number of carboxylic acids is 1. The Balaban J connectivity index is 2.11. The second-order valence-corrected chi connectivity index (χ2v) is 9.25. The molecule has 0 saturated carbocycles. The van der Waals surface area contributed by atoms with Crippen LogP contribution in [0.5, 0.6) is 5.75 Å². The number of amides is 4. The number of aliphatic imine (C=N–C) groups is 1. The number of phenols is 1. The Labute approximate surface area is 225 Å². The number of aromatic hydroxyl groups is 1. The zero-order valence-electron chi connectivity index (χ0n) is 21.4. The van der Waals surface area contributed by atoms with E-state index in [9.17, 15) is 34.2 Å². The fourth-order valence-electron chi connectivity index (χ4n) is 4.20. The Morgan fingerprint density at radius 3 is 2.31 bits per heavy atom. The zero-order chi connectivity index (χ0) is 29.1. The summed E-state index contributed by atoms with van der Waals surface area (Å²) in [6.07, 6.45) is 0.727. The molecule has 1 fully saturated rings. The van der Waals surface area contributed by atoms with E-state index in [1.807, 2.05) is 0 Å². The summed E-state index contributed by atoms with van der Waals surface area (Å²) >= 11 is 0. The number of hydrogen-bond acceptors (Lipinski definition) is 8. The topological polar surface area (TPSA) is 270 Å². The molecule has 1 aliphatic rings. The quantitative estimate of drug-likeness (QED) is 0.0673. The molecule has 1 aliphatic heterocycles. The molecule has 39 heavy (non-hydrogen) atoms. The molecule has 0 bridgehead atoms. The van der Waals surface area contributed by atoms with Crippen LogP contribution in [0.25, 0.3) is 0 Å². The Bertz CT molecular complexity index is 1070. The van der Waals surface area contributed by atoms with Gasteiger partial charge in [0.05, 0.1) is 12.5 Å². The minimum atomic E-state index is -1.59. The molecular formula is C24H36N8O7. The number of carboxylic acid groups (broad SMARTS) is 1. The number of aliphatic carboxylic acids is 1. The van der Waals surface area contributed by atoms with E-state index in [-0.39, 0.29) is 37.5 Å². The Morgan fingerprint density at radius 2 is 1.72 bits per heavy atom. The van der Waals surface area contributed by atoms with Crippen molar-refractivity contribution >= 4 is 35.6 Å². The van der Waals surface area contributed by atoms with Crippen LogP contribution >= 0.6 is 0 Å². The molecule has 4 unspecified atom stereocenters. The van der Waals surface area contributed by atoms with Crippen molar-refractivity contribution in [2.45, 2.75) is 62.7 Å². The van der Waals surface area contributed by atoms with Crippen molar-refractivity contribution in [3.8, 4) is 5.75 Å². The minimum Gasteiger partial charge on any atom is -0.508 e. The molecule has 12 N–H and O–H groups in total. The number of phenolic OH excluding ortho intramolecular Hbond substituents is 1. The first-order valence-electron chi connectivity index (χ1n) is 12.4. The first-order valence-corrected chi connectivity index (χ1v) is 12.4. The van der Waals surface area contributed by atoms with E-state index in [2.05, 4.69) is 15.6 Å². The second kappa shape index (κ2) is 14.5. The summed E-state index contributed by atoms with van der Waals surface area (Å²) in [6.45, 7) is 0.438. The third kappa shape index (κ3) is 9.77. The normalized spacial score (nSPS) is 16.9. The molecule has 214 valence electrons. The van der Waals surface area contributed by atoms with Gasteiger partial charge < -0.3 is 48.7 Å². The predicted molar refractivity (Wildman–Crippen MR) is 140 cm³/mol. The van der Waals surface area contributed by atoms with E-state index >= 15 is 0 Å². The highest BCUT2D eigenvalue weighted by Gasteiger charge is 2.38. The summed E-state index contributed by atoms with van der Waals surface area (Å²) in [7, 11) is 0. The lowest BCUT2D eigenvalue weighted by Crippen LogP contribution is -2.57. The van der Waals surface area contributed by atoms with Crippen molar-refractivity contribution in [1.29, 1.82) is 0 Å². The van der Waals surface area contributed by atoms with Gasteiger partial charge in [0.25, 0.3) is 0 Å². The molecule has 4 amide bonds. The minimum absolute atomic E-state index is 0.0400. The summed E-state index contributed by atoms with van der Waals surface area (Å²) in [5.74, 6) is -4.38. The molecule has 2 rings (SSSR count). The Morgan fingerprint density at radius 1 is 1.05 bits per heavy atom. The van der Waals surface area contributed by atoms with Crippen LogP contribution in [0.1, 0.15) is 37.7 Å². The number of guanidine groups is 1. The van der Waals surface area contributed by atoms with Crippen molar-refractivity contribution in [3.63, 3.8) is 0 Å². The molecule has 15 heteroatoms. The molecule has 1 heterocycles. The first kappa shape index (κ1) is 30.8. The van der Waals surface area contributed by atoms with E-state index in [1.54, 1.807) is 12.1 Å². The monoisotopic (exact) mass is 548 g/mol. The fraction of sp³-hybridized carbons (Fsp3) is 0.500. The van der Waals surface area contributed by atoms with E-state index in [0.717, 1.165) is 5.56 Å². The third-order valence-electron chi connectivity index (χ3n) is 6.15. The van der Waals surface area contributed by atoms with Crippen LogP contribution in [-0.2, 0) is 30.4 Å². The number of likely N-dealkylation sites (tertiary alicyclic amines) is 1. The lowest BCUT2D eigenvalue weighted by molar-refractivity contribution is -0.144. The van der Waals surface area contributed by atoms with E-state index < -0.39 is 60.2 Å². The maximum atomic E-state index is 13.2. The smallest absolute Gasteiger partial charge is 0.326 e. The summed E-state index contributed by atoms with van der Waals surface area (Å²) in [6, 6.07) is 1.63. The highest BCUT2D eigenvalue weighted by Crippen LogP contribution is 2.20. The molecule has 1 saturated heterocycles. The molecule has 1 aromatic rings. The number of rotatable bonds is 14.